The predicted molar refractivity (Wildman–Crippen MR) is 112 cm³/mol. The van der Waals surface area contributed by atoms with Crippen molar-refractivity contribution in [1.29, 1.82) is 0 Å². The first-order chi connectivity index (χ1) is 14.0. The van der Waals surface area contributed by atoms with Crippen LogP contribution in [-0.2, 0) is 22.4 Å². The summed E-state index contributed by atoms with van der Waals surface area (Å²) in [6.45, 7) is 0. The van der Waals surface area contributed by atoms with Gasteiger partial charge in [-0.15, -0.1) is 0 Å². The predicted octanol–water partition coefficient (Wildman–Crippen LogP) is 2.33. The molecule has 7 heteroatoms. The molecule has 0 aliphatic carbocycles. The maximum absolute atomic E-state index is 12.6. The lowest BCUT2D eigenvalue weighted by molar-refractivity contribution is -0.141. The van der Waals surface area contributed by atoms with Crippen molar-refractivity contribution < 1.29 is 14.7 Å². The molecule has 0 radical (unpaired) electrons. The highest BCUT2D eigenvalue weighted by Crippen LogP contribution is 2.20. The number of carbonyl (C=O) groups is 2. The van der Waals surface area contributed by atoms with Crippen LogP contribution < -0.4 is 11.1 Å². The molecule has 2 heterocycles. The summed E-state index contributed by atoms with van der Waals surface area (Å²) in [6, 6.07) is 13.5. The van der Waals surface area contributed by atoms with Gasteiger partial charge in [0, 0.05) is 40.6 Å². The summed E-state index contributed by atoms with van der Waals surface area (Å²) in [7, 11) is 0. The van der Waals surface area contributed by atoms with Crippen LogP contribution in [0, 0.1) is 0 Å². The molecule has 7 nitrogen and oxygen atoms in total. The van der Waals surface area contributed by atoms with Gasteiger partial charge in [-0.2, -0.15) is 0 Å². The van der Waals surface area contributed by atoms with E-state index in [9.17, 15) is 14.7 Å². The Hall–Kier alpha value is -3.58. The van der Waals surface area contributed by atoms with Crippen LogP contribution in [0.25, 0.3) is 21.8 Å². The number of carboxylic acid groups (broad SMARTS) is 1. The van der Waals surface area contributed by atoms with Gasteiger partial charge in [0.25, 0.3) is 0 Å². The molecule has 148 valence electrons. The lowest BCUT2D eigenvalue weighted by Gasteiger charge is -2.17. The molecular formula is C22H22N4O3. The van der Waals surface area contributed by atoms with E-state index >= 15 is 0 Å². The number of aromatic amines is 2. The van der Waals surface area contributed by atoms with Crippen molar-refractivity contribution in [3.8, 4) is 0 Å². The summed E-state index contributed by atoms with van der Waals surface area (Å²) >= 11 is 0. The van der Waals surface area contributed by atoms with Crippen LogP contribution in [-0.4, -0.2) is 39.0 Å². The molecule has 6 N–H and O–H groups in total. The van der Waals surface area contributed by atoms with E-state index in [1.54, 1.807) is 6.20 Å². The number of aliphatic carboxylic acids is 1. The molecule has 0 aliphatic heterocycles. The highest BCUT2D eigenvalue weighted by Gasteiger charge is 2.25. The zero-order valence-electron chi connectivity index (χ0n) is 15.7. The Morgan fingerprint density at radius 2 is 1.41 bits per heavy atom. The van der Waals surface area contributed by atoms with E-state index in [1.807, 2.05) is 54.7 Å². The van der Waals surface area contributed by atoms with Crippen LogP contribution in [0.1, 0.15) is 11.1 Å². The number of benzene rings is 2. The number of para-hydroxylation sites is 2. The molecule has 0 unspecified atom stereocenters. The second-order valence-corrected chi connectivity index (χ2v) is 7.13. The maximum Gasteiger partial charge on any atom is 0.326 e. The minimum absolute atomic E-state index is 0.172. The Morgan fingerprint density at radius 3 is 1.97 bits per heavy atom. The number of hydrogen-bond donors (Lipinski definition) is 5. The first-order valence-electron chi connectivity index (χ1n) is 9.41. The highest BCUT2D eigenvalue weighted by atomic mass is 16.4. The molecule has 1 amide bonds. The van der Waals surface area contributed by atoms with Gasteiger partial charge in [0.15, 0.2) is 0 Å². The van der Waals surface area contributed by atoms with Crippen molar-refractivity contribution in [1.82, 2.24) is 15.3 Å². The van der Waals surface area contributed by atoms with Gasteiger partial charge in [-0.3, -0.25) is 4.79 Å². The second-order valence-electron chi connectivity index (χ2n) is 7.13. The maximum atomic E-state index is 12.6. The quantitative estimate of drug-likeness (QED) is 0.332. The van der Waals surface area contributed by atoms with Crippen LogP contribution in [0.15, 0.2) is 60.9 Å². The topological polar surface area (TPSA) is 124 Å². The smallest absolute Gasteiger partial charge is 0.326 e. The third-order valence-electron chi connectivity index (χ3n) is 5.17. The van der Waals surface area contributed by atoms with E-state index in [1.165, 1.54) is 0 Å². The molecule has 0 spiro atoms. The summed E-state index contributed by atoms with van der Waals surface area (Å²) in [5.74, 6) is -1.58. The zero-order valence-corrected chi connectivity index (χ0v) is 15.7. The van der Waals surface area contributed by atoms with Crippen molar-refractivity contribution in [2.75, 3.05) is 0 Å². The first-order valence-corrected chi connectivity index (χ1v) is 9.41. The van der Waals surface area contributed by atoms with E-state index in [0.29, 0.717) is 6.42 Å². The van der Waals surface area contributed by atoms with Gasteiger partial charge in [-0.1, -0.05) is 36.4 Å². The number of nitrogens with two attached hydrogens (primary N) is 1. The Balaban J connectivity index is 1.46. The number of carbonyl (C=O) groups excluding carboxylic acids is 1. The minimum atomic E-state index is -1.09. The van der Waals surface area contributed by atoms with Crippen molar-refractivity contribution in [2.45, 2.75) is 24.9 Å². The third-order valence-corrected chi connectivity index (χ3v) is 5.17. The van der Waals surface area contributed by atoms with Crippen molar-refractivity contribution >= 4 is 33.7 Å². The van der Waals surface area contributed by atoms with Gasteiger partial charge in [-0.05, 0) is 29.7 Å². The number of nitrogens with one attached hydrogen (secondary N) is 3. The van der Waals surface area contributed by atoms with Crippen LogP contribution in [0.2, 0.25) is 0 Å². The molecule has 0 saturated heterocycles. The Labute approximate surface area is 166 Å². The lowest BCUT2D eigenvalue weighted by atomic mass is 10.0. The largest absolute Gasteiger partial charge is 0.480 e. The molecule has 2 aromatic heterocycles. The Kier molecular flexibility index (Phi) is 5.05. The van der Waals surface area contributed by atoms with E-state index in [4.69, 9.17) is 5.73 Å². The molecule has 0 aliphatic rings. The second kappa shape index (κ2) is 7.81. The highest BCUT2D eigenvalue weighted by molar-refractivity contribution is 5.89. The Morgan fingerprint density at radius 1 is 0.897 bits per heavy atom. The van der Waals surface area contributed by atoms with Crippen LogP contribution in [0.3, 0.4) is 0 Å². The Bertz CT molecular complexity index is 1180. The molecule has 2 aromatic carbocycles. The molecule has 2 atom stereocenters. The van der Waals surface area contributed by atoms with Gasteiger partial charge in [0.05, 0.1) is 6.04 Å². The average molecular weight is 390 g/mol. The van der Waals surface area contributed by atoms with Crippen LogP contribution >= 0.6 is 0 Å². The fourth-order valence-corrected chi connectivity index (χ4v) is 3.63. The number of hydrogen-bond acceptors (Lipinski definition) is 3. The fraction of sp³-hybridized carbons (Fsp3) is 0.182. The molecular weight excluding hydrogens is 368 g/mol. The van der Waals surface area contributed by atoms with E-state index in [0.717, 1.165) is 32.9 Å². The number of H-pyrrole nitrogens is 2. The minimum Gasteiger partial charge on any atom is -0.480 e. The molecule has 0 fully saturated rings. The lowest BCUT2D eigenvalue weighted by Crippen LogP contribution is -2.50. The van der Waals surface area contributed by atoms with Gasteiger partial charge in [0.2, 0.25) is 5.91 Å². The summed E-state index contributed by atoms with van der Waals surface area (Å²) in [5, 5.41) is 14.1. The van der Waals surface area contributed by atoms with Gasteiger partial charge in [0.1, 0.15) is 6.04 Å². The normalized spacial score (nSPS) is 13.4. The first kappa shape index (κ1) is 18.8. The number of amides is 1. The van der Waals surface area contributed by atoms with Crippen molar-refractivity contribution in [3.05, 3.63) is 72.1 Å². The van der Waals surface area contributed by atoms with Crippen molar-refractivity contribution in [3.63, 3.8) is 0 Å². The summed E-state index contributed by atoms with van der Waals surface area (Å²) in [4.78, 5) is 30.6. The average Bonchev–Trinajstić information content (AvgIpc) is 3.32. The van der Waals surface area contributed by atoms with Gasteiger partial charge >= 0.3 is 5.97 Å². The van der Waals surface area contributed by atoms with Gasteiger partial charge < -0.3 is 26.1 Å². The summed E-state index contributed by atoms with van der Waals surface area (Å²) in [5.41, 5.74) is 9.74. The van der Waals surface area contributed by atoms with E-state index in [2.05, 4.69) is 15.3 Å². The number of fused-ring (bicyclic) bond motifs is 2. The number of aromatic nitrogens is 2. The monoisotopic (exact) mass is 390 g/mol. The van der Waals surface area contributed by atoms with E-state index in [-0.39, 0.29) is 6.42 Å². The molecule has 0 saturated carbocycles. The molecule has 4 rings (SSSR count). The molecule has 29 heavy (non-hydrogen) atoms. The standard InChI is InChI=1S/C22H22N4O3/c23-17(9-13-11-24-18-7-3-1-5-15(13)18)21(27)26-20(22(28)29)10-14-12-25-19-8-4-2-6-16(14)19/h1-8,11-12,17,20,24-25H,9-10,23H2,(H,26,27)(H,28,29)/t17-,20+/m0/s1. The summed E-state index contributed by atoms with van der Waals surface area (Å²) < 4.78 is 0. The molecule has 4 aromatic rings. The number of carboxylic acids is 1. The SMILES string of the molecule is N[C@@H](Cc1c[nH]c2ccccc12)C(=O)N[C@H](Cc1c[nH]c2ccccc12)C(=O)O. The third kappa shape index (κ3) is 3.86. The van der Waals surface area contributed by atoms with Crippen LogP contribution in [0.5, 0.6) is 0 Å². The summed E-state index contributed by atoms with van der Waals surface area (Å²) in [6.07, 6.45) is 4.09. The number of rotatable bonds is 7. The zero-order chi connectivity index (χ0) is 20.4. The fourth-order valence-electron chi connectivity index (χ4n) is 3.63. The van der Waals surface area contributed by atoms with Crippen molar-refractivity contribution in [2.24, 2.45) is 5.73 Å². The van der Waals surface area contributed by atoms with Crippen LogP contribution in [0.4, 0.5) is 0 Å². The van der Waals surface area contributed by atoms with Gasteiger partial charge in [-0.25, -0.2) is 4.79 Å². The molecule has 0 bridgehead atoms. The van der Waals surface area contributed by atoms with E-state index < -0.39 is 24.0 Å².